The van der Waals surface area contributed by atoms with E-state index in [0.29, 0.717) is 45.6 Å². The molecule has 4 aromatic rings. The molecule has 50 heavy (non-hydrogen) atoms. The van der Waals surface area contributed by atoms with Crippen molar-refractivity contribution in [2.45, 2.75) is 69.4 Å². The Balaban J connectivity index is 1.49. The van der Waals surface area contributed by atoms with Gasteiger partial charge < -0.3 is 24.8 Å². The van der Waals surface area contributed by atoms with Gasteiger partial charge in [-0.2, -0.15) is 0 Å². The topological polar surface area (TPSA) is 159 Å². The van der Waals surface area contributed by atoms with Gasteiger partial charge in [-0.25, -0.2) is 22.0 Å². The molecule has 2 N–H and O–H groups in total. The quantitative estimate of drug-likeness (QED) is 0.145. The fourth-order valence-electron chi connectivity index (χ4n) is 6.14. The zero-order valence-corrected chi connectivity index (χ0v) is 29.9. The number of carbonyl (C=O) groups is 4. The molecule has 1 aromatic heterocycles. The van der Waals surface area contributed by atoms with Crippen molar-refractivity contribution in [3.05, 3.63) is 93.6 Å². The molecule has 12 nitrogen and oxygen atoms in total. The standard InChI is InChI=1S/C36H38ClN3O9S/c1-36(2,3)49-35(44)38-20-21-11-14-27(24(15-21)18-30(42)47-4)39-29(41)17-23-13-12-22-16-25(37)19-28-31(22)32(23)33(34(43)48-5)40(28)50(45,46)26-9-7-6-8-10-26/h6-11,14-16,19,23H,12-13,17-18,20H2,1-5H3,(H,38,44)(H,39,41). The number of carbonyl (C=O) groups excluding carboxylic acids is 4. The Hall–Kier alpha value is -4.88. The molecular formula is C36H38ClN3O9S. The van der Waals surface area contributed by atoms with Gasteiger partial charge in [-0.05, 0) is 92.1 Å². The molecule has 264 valence electrons. The van der Waals surface area contributed by atoms with Crippen molar-refractivity contribution in [3.8, 4) is 0 Å². The first kappa shape index (κ1) is 36.4. The lowest BCUT2D eigenvalue weighted by molar-refractivity contribution is -0.139. The number of hydrogen-bond acceptors (Lipinski definition) is 9. The molecule has 2 amide bonds. The van der Waals surface area contributed by atoms with Crippen LogP contribution in [0.2, 0.25) is 5.02 Å². The van der Waals surface area contributed by atoms with Crippen LogP contribution in [0.15, 0.2) is 65.6 Å². The lowest BCUT2D eigenvalue weighted by atomic mass is 9.81. The van der Waals surface area contributed by atoms with Crippen LogP contribution in [0.3, 0.4) is 0 Å². The molecule has 0 fully saturated rings. The Morgan fingerprint density at radius 2 is 1.70 bits per heavy atom. The van der Waals surface area contributed by atoms with Crippen LogP contribution < -0.4 is 10.6 Å². The molecule has 0 bridgehead atoms. The minimum atomic E-state index is -4.31. The summed E-state index contributed by atoms with van der Waals surface area (Å²) in [6.45, 7) is 5.36. The monoisotopic (exact) mass is 723 g/mol. The third-order valence-electron chi connectivity index (χ3n) is 8.21. The van der Waals surface area contributed by atoms with E-state index in [4.69, 9.17) is 25.8 Å². The maximum Gasteiger partial charge on any atom is 0.407 e. The number of aromatic nitrogens is 1. The van der Waals surface area contributed by atoms with Crippen LogP contribution in [0.1, 0.15) is 72.3 Å². The summed E-state index contributed by atoms with van der Waals surface area (Å²) in [7, 11) is -1.89. The molecule has 0 aliphatic heterocycles. The third kappa shape index (κ3) is 7.79. The largest absolute Gasteiger partial charge is 0.469 e. The van der Waals surface area contributed by atoms with Gasteiger partial charge in [-0.15, -0.1) is 0 Å². The summed E-state index contributed by atoms with van der Waals surface area (Å²) >= 11 is 6.47. The van der Waals surface area contributed by atoms with E-state index < -0.39 is 45.5 Å². The third-order valence-corrected chi connectivity index (χ3v) is 10.2. The van der Waals surface area contributed by atoms with Crippen molar-refractivity contribution in [1.82, 2.24) is 9.29 Å². The molecule has 0 saturated carbocycles. The van der Waals surface area contributed by atoms with E-state index >= 15 is 0 Å². The summed E-state index contributed by atoms with van der Waals surface area (Å²) < 4.78 is 44.5. The number of rotatable bonds is 10. The average Bonchev–Trinajstić information content (AvgIpc) is 3.41. The van der Waals surface area contributed by atoms with E-state index in [1.54, 1.807) is 63.2 Å². The Morgan fingerprint density at radius 3 is 2.36 bits per heavy atom. The summed E-state index contributed by atoms with van der Waals surface area (Å²) in [6, 6.07) is 16.0. The van der Waals surface area contributed by atoms with Gasteiger partial charge in [-0.3, -0.25) is 9.59 Å². The van der Waals surface area contributed by atoms with Gasteiger partial charge in [0.25, 0.3) is 10.0 Å². The highest BCUT2D eigenvalue weighted by molar-refractivity contribution is 7.90. The second-order valence-corrected chi connectivity index (χ2v) is 15.1. The van der Waals surface area contributed by atoms with Crippen molar-refractivity contribution in [2.75, 3.05) is 19.5 Å². The van der Waals surface area contributed by atoms with Crippen molar-refractivity contribution in [2.24, 2.45) is 0 Å². The van der Waals surface area contributed by atoms with Crippen LogP contribution in [-0.4, -0.2) is 56.1 Å². The molecule has 1 aliphatic carbocycles. The van der Waals surface area contributed by atoms with Gasteiger partial charge in [0, 0.05) is 29.1 Å². The first-order chi connectivity index (χ1) is 23.6. The van der Waals surface area contributed by atoms with Gasteiger partial charge in [0.05, 0.1) is 31.1 Å². The molecule has 3 aromatic carbocycles. The zero-order chi connectivity index (χ0) is 36.4. The van der Waals surface area contributed by atoms with Crippen LogP contribution in [0, 0.1) is 0 Å². The van der Waals surface area contributed by atoms with E-state index in [2.05, 4.69) is 10.6 Å². The van der Waals surface area contributed by atoms with Crippen molar-refractivity contribution < 1.29 is 41.8 Å². The van der Waals surface area contributed by atoms with Crippen LogP contribution in [0.4, 0.5) is 10.5 Å². The van der Waals surface area contributed by atoms with Crippen LogP contribution in [0.25, 0.3) is 10.9 Å². The molecule has 0 radical (unpaired) electrons. The number of amides is 2. The van der Waals surface area contributed by atoms with E-state index in [9.17, 15) is 27.6 Å². The summed E-state index contributed by atoms with van der Waals surface area (Å²) in [6.07, 6.45) is 0.0179. The average molecular weight is 724 g/mol. The van der Waals surface area contributed by atoms with E-state index in [0.717, 1.165) is 9.54 Å². The van der Waals surface area contributed by atoms with Gasteiger partial charge in [0.15, 0.2) is 0 Å². The molecule has 1 unspecified atom stereocenters. The first-order valence-corrected chi connectivity index (χ1v) is 17.7. The number of alkyl carbamates (subject to hydrolysis) is 1. The van der Waals surface area contributed by atoms with Crippen molar-refractivity contribution in [3.63, 3.8) is 0 Å². The second-order valence-electron chi connectivity index (χ2n) is 12.9. The molecule has 1 heterocycles. The van der Waals surface area contributed by atoms with Gasteiger partial charge in [-0.1, -0.05) is 41.9 Å². The zero-order valence-electron chi connectivity index (χ0n) is 28.3. The minimum Gasteiger partial charge on any atom is -0.469 e. The smallest absolute Gasteiger partial charge is 0.407 e. The number of halogens is 1. The molecule has 0 spiro atoms. The van der Waals surface area contributed by atoms with Gasteiger partial charge in [0.1, 0.15) is 11.3 Å². The summed E-state index contributed by atoms with van der Waals surface area (Å²) in [5.74, 6) is -2.41. The number of benzene rings is 3. The van der Waals surface area contributed by atoms with E-state index in [1.165, 1.54) is 32.4 Å². The van der Waals surface area contributed by atoms with E-state index in [1.807, 2.05) is 0 Å². The molecular weight excluding hydrogens is 686 g/mol. The number of nitrogens with zero attached hydrogens (tertiary/aromatic N) is 1. The minimum absolute atomic E-state index is 0.0356. The van der Waals surface area contributed by atoms with Gasteiger partial charge in [0.2, 0.25) is 5.91 Å². The summed E-state index contributed by atoms with van der Waals surface area (Å²) in [4.78, 5) is 51.6. The van der Waals surface area contributed by atoms with Crippen LogP contribution in [-0.2, 0) is 53.2 Å². The molecule has 14 heteroatoms. The molecule has 1 atom stereocenters. The maximum absolute atomic E-state index is 14.1. The Labute approximate surface area is 295 Å². The number of nitrogens with one attached hydrogen (secondary N) is 2. The number of ether oxygens (including phenoxy) is 3. The SMILES string of the molecule is COC(=O)Cc1cc(CNC(=O)OC(C)(C)C)ccc1NC(=O)CC1CCc2cc(Cl)cc3c2c1c(C(=O)OC)n3S(=O)(=O)c1ccccc1. The lowest BCUT2D eigenvalue weighted by Crippen LogP contribution is -2.32. The fraction of sp³-hybridized carbons (Fsp3) is 0.333. The Kier molecular flexibility index (Phi) is 10.6. The summed E-state index contributed by atoms with van der Waals surface area (Å²) in [5, 5.41) is 6.39. The number of esters is 2. The lowest BCUT2D eigenvalue weighted by Gasteiger charge is -2.24. The number of aryl methyl sites for hydroxylation is 1. The summed E-state index contributed by atoms with van der Waals surface area (Å²) in [5.41, 5.74) is 1.95. The number of methoxy groups -OCH3 is 2. The Bertz CT molecular complexity index is 2090. The Morgan fingerprint density at radius 1 is 0.980 bits per heavy atom. The predicted molar refractivity (Wildman–Crippen MR) is 187 cm³/mol. The van der Waals surface area contributed by atoms with Crippen molar-refractivity contribution in [1.29, 1.82) is 0 Å². The van der Waals surface area contributed by atoms with Crippen LogP contribution in [0.5, 0.6) is 0 Å². The van der Waals surface area contributed by atoms with E-state index in [-0.39, 0.29) is 35.5 Å². The number of hydrogen-bond donors (Lipinski definition) is 2. The van der Waals surface area contributed by atoms with Crippen molar-refractivity contribution >= 4 is 62.2 Å². The normalized spacial score (nSPS) is 14.2. The molecule has 5 rings (SSSR count). The highest BCUT2D eigenvalue weighted by Crippen LogP contribution is 2.45. The fourth-order valence-corrected chi connectivity index (χ4v) is 7.91. The first-order valence-electron chi connectivity index (χ1n) is 15.8. The predicted octanol–water partition coefficient (Wildman–Crippen LogP) is 6.12. The molecule has 1 aliphatic rings. The molecule has 0 saturated heterocycles. The number of anilines is 1. The van der Waals surface area contributed by atoms with Gasteiger partial charge >= 0.3 is 18.0 Å². The second kappa shape index (κ2) is 14.5. The highest BCUT2D eigenvalue weighted by Gasteiger charge is 2.38. The highest BCUT2D eigenvalue weighted by atomic mass is 35.5. The van der Waals surface area contributed by atoms with Crippen LogP contribution >= 0.6 is 11.6 Å². The maximum atomic E-state index is 14.1.